The van der Waals surface area contributed by atoms with Crippen molar-refractivity contribution in [2.45, 2.75) is 40.0 Å². The molecule has 1 unspecified atom stereocenters. The zero-order valence-corrected chi connectivity index (χ0v) is 13.4. The zero-order chi connectivity index (χ0) is 15.5. The van der Waals surface area contributed by atoms with E-state index in [2.05, 4.69) is 22.3 Å². The molecule has 2 rings (SSSR count). The van der Waals surface area contributed by atoms with Gasteiger partial charge in [-0.2, -0.15) is 0 Å². The molecule has 0 bridgehead atoms. The van der Waals surface area contributed by atoms with Gasteiger partial charge >= 0.3 is 0 Å². The summed E-state index contributed by atoms with van der Waals surface area (Å²) in [5, 5.41) is 3.03. The van der Waals surface area contributed by atoms with Crippen LogP contribution in [-0.4, -0.2) is 25.5 Å². The molecule has 116 valence electrons. The largest absolute Gasteiger partial charge is 0.372 e. The predicted molar refractivity (Wildman–Crippen MR) is 88.7 cm³/mol. The van der Waals surface area contributed by atoms with Crippen molar-refractivity contribution < 1.29 is 4.79 Å². The first-order chi connectivity index (χ1) is 10.00. The van der Waals surface area contributed by atoms with Crippen LogP contribution in [0, 0.1) is 12.3 Å². The van der Waals surface area contributed by atoms with Crippen molar-refractivity contribution in [3.63, 3.8) is 0 Å². The Morgan fingerprint density at radius 1 is 1.38 bits per heavy atom. The summed E-state index contributed by atoms with van der Waals surface area (Å²) < 4.78 is 0. The minimum absolute atomic E-state index is 0.00419. The first kappa shape index (κ1) is 15.8. The summed E-state index contributed by atoms with van der Waals surface area (Å²) >= 11 is 0. The van der Waals surface area contributed by atoms with Crippen molar-refractivity contribution in [3.05, 3.63) is 23.8 Å². The van der Waals surface area contributed by atoms with Crippen LogP contribution in [0.1, 0.15) is 38.7 Å². The molecule has 1 aliphatic rings. The van der Waals surface area contributed by atoms with Crippen molar-refractivity contribution >= 4 is 17.3 Å². The van der Waals surface area contributed by atoms with E-state index in [9.17, 15) is 4.79 Å². The second-order valence-electron chi connectivity index (χ2n) is 6.27. The van der Waals surface area contributed by atoms with E-state index in [1.165, 1.54) is 18.5 Å². The van der Waals surface area contributed by atoms with Crippen molar-refractivity contribution in [2.24, 2.45) is 11.1 Å². The van der Waals surface area contributed by atoms with Gasteiger partial charge in [-0.05, 0) is 56.9 Å². The van der Waals surface area contributed by atoms with Gasteiger partial charge in [0.1, 0.15) is 0 Å². The number of hydrogen-bond acceptors (Lipinski definition) is 3. The average molecular weight is 289 g/mol. The highest BCUT2D eigenvalue weighted by Gasteiger charge is 2.29. The van der Waals surface area contributed by atoms with Crippen LogP contribution >= 0.6 is 0 Å². The van der Waals surface area contributed by atoms with Gasteiger partial charge in [-0.15, -0.1) is 0 Å². The van der Waals surface area contributed by atoms with E-state index in [4.69, 9.17) is 5.73 Å². The molecule has 21 heavy (non-hydrogen) atoms. The minimum Gasteiger partial charge on any atom is -0.372 e. The van der Waals surface area contributed by atoms with E-state index in [1.54, 1.807) is 0 Å². The lowest BCUT2D eigenvalue weighted by Gasteiger charge is -2.26. The molecule has 3 N–H and O–H groups in total. The maximum atomic E-state index is 12.4. The second kappa shape index (κ2) is 6.48. The van der Waals surface area contributed by atoms with Gasteiger partial charge in [0.15, 0.2) is 0 Å². The van der Waals surface area contributed by atoms with Crippen molar-refractivity contribution in [1.29, 1.82) is 0 Å². The lowest BCUT2D eigenvalue weighted by atomic mass is 9.86. The summed E-state index contributed by atoms with van der Waals surface area (Å²) in [6.07, 6.45) is 3.27. The van der Waals surface area contributed by atoms with Gasteiger partial charge in [0.05, 0.1) is 5.41 Å². The molecule has 0 aliphatic carbocycles. The third kappa shape index (κ3) is 3.38. The molecular formula is C17H27N3O. The highest BCUT2D eigenvalue weighted by Crippen LogP contribution is 2.27. The van der Waals surface area contributed by atoms with E-state index >= 15 is 0 Å². The van der Waals surface area contributed by atoms with Crippen LogP contribution in [-0.2, 0) is 4.79 Å². The van der Waals surface area contributed by atoms with Gasteiger partial charge in [-0.1, -0.05) is 6.92 Å². The van der Waals surface area contributed by atoms with Crippen molar-refractivity contribution in [2.75, 3.05) is 29.9 Å². The summed E-state index contributed by atoms with van der Waals surface area (Å²) in [7, 11) is 0. The molecular weight excluding hydrogens is 262 g/mol. The topological polar surface area (TPSA) is 58.4 Å². The van der Waals surface area contributed by atoms with Crippen molar-refractivity contribution in [1.82, 2.24) is 0 Å². The number of amides is 1. The van der Waals surface area contributed by atoms with Crippen LogP contribution in [0.25, 0.3) is 0 Å². The molecule has 1 aliphatic heterocycles. The number of carbonyl (C=O) groups excluding carboxylic acids is 1. The Hall–Kier alpha value is -1.55. The standard InChI is InChI=1S/C17H27N3O/c1-4-17(3,12-18)16(21)19-15-8-7-14(11-13(15)2)20-9-5-6-10-20/h7-8,11H,4-6,9-10,12,18H2,1-3H3,(H,19,21). The lowest BCUT2D eigenvalue weighted by molar-refractivity contribution is -0.124. The fourth-order valence-corrected chi connectivity index (χ4v) is 2.63. The Kier molecular flexibility index (Phi) is 4.88. The van der Waals surface area contributed by atoms with Gasteiger partial charge < -0.3 is 16.0 Å². The Morgan fingerprint density at radius 3 is 2.57 bits per heavy atom. The van der Waals surface area contributed by atoms with Crippen LogP contribution < -0.4 is 16.0 Å². The number of nitrogens with zero attached hydrogens (tertiary/aromatic N) is 1. The molecule has 1 fully saturated rings. The van der Waals surface area contributed by atoms with Gasteiger partial charge in [0.25, 0.3) is 0 Å². The third-order valence-corrected chi connectivity index (χ3v) is 4.71. The normalized spacial score (nSPS) is 17.6. The molecule has 4 heteroatoms. The smallest absolute Gasteiger partial charge is 0.231 e. The maximum Gasteiger partial charge on any atom is 0.231 e. The quantitative estimate of drug-likeness (QED) is 0.876. The Balaban J connectivity index is 2.12. The molecule has 1 heterocycles. The monoisotopic (exact) mass is 289 g/mol. The summed E-state index contributed by atoms with van der Waals surface area (Å²) in [5.74, 6) is 0.00419. The number of benzene rings is 1. The van der Waals surface area contributed by atoms with Crippen LogP contribution in [0.3, 0.4) is 0 Å². The van der Waals surface area contributed by atoms with E-state index < -0.39 is 5.41 Å². The zero-order valence-electron chi connectivity index (χ0n) is 13.4. The van der Waals surface area contributed by atoms with Crippen LogP contribution in [0.15, 0.2) is 18.2 Å². The summed E-state index contributed by atoms with van der Waals surface area (Å²) in [6, 6.07) is 6.26. The lowest BCUT2D eigenvalue weighted by Crippen LogP contribution is -2.39. The molecule has 1 amide bonds. The van der Waals surface area contributed by atoms with Gasteiger partial charge in [-0.3, -0.25) is 4.79 Å². The Labute approximate surface area is 127 Å². The molecule has 1 saturated heterocycles. The van der Waals surface area contributed by atoms with E-state index in [0.29, 0.717) is 6.54 Å². The first-order valence-electron chi connectivity index (χ1n) is 7.87. The third-order valence-electron chi connectivity index (χ3n) is 4.71. The molecule has 1 aromatic carbocycles. The summed E-state index contributed by atoms with van der Waals surface area (Å²) in [5.41, 5.74) is 8.49. The highest BCUT2D eigenvalue weighted by molar-refractivity contribution is 5.96. The highest BCUT2D eigenvalue weighted by atomic mass is 16.2. The van der Waals surface area contributed by atoms with E-state index in [-0.39, 0.29) is 5.91 Å². The summed E-state index contributed by atoms with van der Waals surface area (Å²) in [4.78, 5) is 14.8. The number of nitrogens with one attached hydrogen (secondary N) is 1. The summed E-state index contributed by atoms with van der Waals surface area (Å²) in [6.45, 7) is 8.58. The van der Waals surface area contributed by atoms with Gasteiger partial charge in [0, 0.05) is 31.0 Å². The van der Waals surface area contributed by atoms with Crippen molar-refractivity contribution in [3.8, 4) is 0 Å². The van der Waals surface area contributed by atoms with Crippen LogP contribution in [0.4, 0.5) is 11.4 Å². The number of nitrogens with two attached hydrogens (primary N) is 1. The molecule has 0 spiro atoms. The van der Waals surface area contributed by atoms with E-state index in [1.807, 2.05) is 26.8 Å². The number of hydrogen-bond donors (Lipinski definition) is 2. The number of aryl methyl sites for hydroxylation is 1. The van der Waals surface area contributed by atoms with Crippen LogP contribution in [0.2, 0.25) is 0 Å². The Bertz CT molecular complexity index is 503. The molecule has 0 saturated carbocycles. The number of anilines is 2. The predicted octanol–water partition coefficient (Wildman–Crippen LogP) is 2.91. The Morgan fingerprint density at radius 2 is 2.05 bits per heavy atom. The number of rotatable bonds is 5. The fourth-order valence-electron chi connectivity index (χ4n) is 2.63. The fraction of sp³-hybridized carbons (Fsp3) is 0.588. The van der Waals surface area contributed by atoms with E-state index in [0.717, 1.165) is 30.8 Å². The molecule has 1 aromatic rings. The molecule has 0 aromatic heterocycles. The first-order valence-corrected chi connectivity index (χ1v) is 7.87. The van der Waals surface area contributed by atoms with Crippen LogP contribution in [0.5, 0.6) is 0 Å². The second-order valence-corrected chi connectivity index (χ2v) is 6.27. The molecule has 4 nitrogen and oxygen atoms in total. The SMILES string of the molecule is CCC(C)(CN)C(=O)Nc1ccc(N2CCCC2)cc1C. The molecule has 1 atom stereocenters. The maximum absolute atomic E-state index is 12.4. The number of carbonyl (C=O) groups is 1. The molecule has 0 radical (unpaired) electrons. The van der Waals surface area contributed by atoms with Gasteiger partial charge in [0.2, 0.25) is 5.91 Å². The minimum atomic E-state index is -0.500. The van der Waals surface area contributed by atoms with Gasteiger partial charge in [-0.25, -0.2) is 0 Å². The average Bonchev–Trinajstić information content (AvgIpc) is 3.02.